The van der Waals surface area contributed by atoms with Crippen molar-refractivity contribution in [1.82, 2.24) is 4.98 Å². The molecule has 0 fully saturated rings. The molecule has 34 heavy (non-hydrogen) atoms. The summed E-state index contributed by atoms with van der Waals surface area (Å²) in [6.45, 7) is 1.84. The van der Waals surface area contributed by atoms with E-state index in [2.05, 4.69) is 32.3 Å². The Morgan fingerprint density at radius 2 is 1.97 bits per heavy atom. The van der Waals surface area contributed by atoms with Crippen molar-refractivity contribution >= 4 is 60.5 Å². The number of halogens is 1. The first kappa shape index (κ1) is 21.8. The van der Waals surface area contributed by atoms with E-state index >= 15 is 0 Å². The molecule has 5 rings (SSSR count). The van der Waals surface area contributed by atoms with Gasteiger partial charge in [-0.3, -0.25) is 0 Å². The molecule has 5 aromatic rings. The molecule has 2 aromatic carbocycles. The number of aryl methyl sites for hydroxylation is 1. The van der Waals surface area contributed by atoms with Gasteiger partial charge in [0.2, 0.25) is 0 Å². The van der Waals surface area contributed by atoms with E-state index < -0.39 is 11.3 Å². The van der Waals surface area contributed by atoms with E-state index in [1.807, 2.05) is 25.1 Å². The van der Waals surface area contributed by atoms with Crippen LogP contribution in [0.5, 0.6) is 0 Å². The highest BCUT2D eigenvalue weighted by atomic mass is 79.9. The fourth-order valence-electron chi connectivity index (χ4n) is 3.51. The summed E-state index contributed by atoms with van der Waals surface area (Å²) in [4.78, 5) is 28.6. The third-order valence-corrected chi connectivity index (χ3v) is 6.53. The van der Waals surface area contributed by atoms with Gasteiger partial charge in [-0.25, -0.2) is 14.6 Å². The van der Waals surface area contributed by atoms with E-state index in [4.69, 9.17) is 8.83 Å². The zero-order valence-electron chi connectivity index (χ0n) is 17.6. The van der Waals surface area contributed by atoms with Crippen LogP contribution in [0.1, 0.15) is 10.6 Å². The highest BCUT2D eigenvalue weighted by molar-refractivity contribution is 9.10. The molecule has 0 aliphatic heterocycles. The Hall–Kier alpha value is -4.00. The number of aromatic nitrogens is 1. The van der Waals surface area contributed by atoms with Crippen LogP contribution in [0, 0.1) is 18.3 Å². The molecule has 3 aromatic heterocycles. The number of nitrogens with zero attached hydrogens (tertiary/aromatic N) is 2. The summed E-state index contributed by atoms with van der Waals surface area (Å²) in [5.41, 5.74) is 2.52. The second-order valence-electron chi connectivity index (χ2n) is 7.44. The van der Waals surface area contributed by atoms with Gasteiger partial charge in [0.05, 0.1) is 11.3 Å². The van der Waals surface area contributed by atoms with Crippen LogP contribution in [-0.2, 0) is 0 Å². The largest absolute Gasteiger partial charge is 0.423 e. The van der Waals surface area contributed by atoms with Crippen molar-refractivity contribution in [2.45, 2.75) is 6.92 Å². The van der Waals surface area contributed by atoms with Crippen LogP contribution >= 0.6 is 27.3 Å². The number of rotatable bonds is 4. The van der Waals surface area contributed by atoms with Crippen molar-refractivity contribution in [2.75, 3.05) is 5.32 Å². The molecule has 0 unspecified atom stereocenters. The van der Waals surface area contributed by atoms with Gasteiger partial charge in [0.15, 0.2) is 0 Å². The third-order valence-electron chi connectivity index (χ3n) is 5.16. The fraction of sp³-hybridized carbons (Fsp3) is 0.0400. The first-order valence-corrected chi connectivity index (χ1v) is 11.7. The first-order chi connectivity index (χ1) is 16.4. The lowest BCUT2D eigenvalue weighted by Gasteiger charge is -2.05. The van der Waals surface area contributed by atoms with Gasteiger partial charge in [0, 0.05) is 44.6 Å². The smallest absolute Gasteiger partial charge is 0.345 e. The zero-order valence-corrected chi connectivity index (χ0v) is 20.0. The van der Waals surface area contributed by atoms with Gasteiger partial charge < -0.3 is 14.2 Å². The number of hydrogen-bond acceptors (Lipinski definition) is 8. The molecule has 166 valence electrons. The second-order valence-corrected chi connectivity index (χ2v) is 9.21. The number of hydrogen-bond donors (Lipinski definition) is 1. The monoisotopic (exact) mass is 531 g/mol. The number of fused-ring (bicyclic) bond motifs is 2. The maximum Gasteiger partial charge on any atom is 0.345 e. The van der Waals surface area contributed by atoms with E-state index in [-0.39, 0.29) is 5.57 Å². The summed E-state index contributed by atoms with van der Waals surface area (Å²) >= 11 is 4.66. The molecule has 0 atom stereocenters. The molecule has 0 radical (unpaired) electrons. The van der Waals surface area contributed by atoms with Crippen LogP contribution in [0.4, 0.5) is 5.69 Å². The Labute approximate surface area is 204 Å². The predicted molar refractivity (Wildman–Crippen MR) is 136 cm³/mol. The number of anilines is 1. The number of benzene rings is 2. The van der Waals surface area contributed by atoms with Gasteiger partial charge >= 0.3 is 11.3 Å². The number of allylic oxidation sites excluding steroid dienone is 1. The molecule has 9 heteroatoms. The minimum Gasteiger partial charge on any atom is -0.423 e. The predicted octanol–water partition coefficient (Wildman–Crippen LogP) is 6.07. The molecular formula is C25H14BrN3O4S. The van der Waals surface area contributed by atoms with Crippen LogP contribution in [0.25, 0.3) is 38.8 Å². The Morgan fingerprint density at radius 3 is 2.79 bits per heavy atom. The van der Waals surface area contributed by atoms with Crippen LogP contribution in [0.3, 0.4) is 0 Å². The lowest BCUT2D eigenvalue weighted by Crippen LogP contribution is -2.03. The molecule has 0 amide bonds. The van der Waals surface area contributed by atoms with E-state index in [9.17, 15) is 14.9 Å². The van der Waals surface area contributed by atoms with Crippen molar-refractivity contribution < 1.29 is 8.83 Å². The SMILES string of the molecule is Cc1cc(=O)oc2cc(NC=C(C#N)c3nc(-c4cc5cc(Br)ccc5oc4=O)cs3)ccc12. The average molecular weight is 532 g/mol. The van der Waals surface area contributed by atoms with Crippen LogP contribution in [0.15, 0.2) is 83.0 Å². The van der Waals surface area contributed by atoms with E-state index in [1.165, 1.54) is 23.6 Å². The van der Waals surface area contributed by atoms with Crippen molar-refractivity contribution in [3.05, 3.63) is 96.0 Å². The first-order valence-electron chi connectivity index (χ1n) is 10.0. The quantitative estimate of drug-likeness (QED) is 0.221. The minimum atomic E-state index is -0.500. The summed E-state index contributed by atoms with van der Waals surface area (Å²) in [5, 5.41) is 16.5. The van der Waals surface area contributed by atoms with Crippen LogP contribution in [-0.4, -0.2) is 4.98 Å². The van der Waals surface area contributed by atoms with Gasteiger partial charge in [-0.15, -0.1) is 11.3 Å². The topological polar surface area (TPSA) is 109 Å². The van der Waals surface area contributed by atoms with Crippen molar-refractivity contribution in [3.63, 3.8) is 0 Å². The van der Waals surface area contributed by atoms with Crippen LogP contribution in [0.2, 0.25) is 0 Å². The Bertz CT molecular complexity index is 1780. The molecule has 0 saturated heterocycles. The van der Waals surface area contributed by atoms with Gasteiger partial charge in [-0.05, 0) is 48.9 Å². The summed E-state index contributed by atoms with van der Waals surface area (Å²) in [6, 6.07) is 16.0. The lowest BCUT2D eigenvalue weighted by atomic mass is 10.1. The van der Waals surface area contributed by atoms with Crippen LogP contribution < -0.4 is 16.6 Å². The van der Waals surface area contributed by atoms with Crippen molar-refractivity contribution in [2.24, 2.45) is 0 Å². The molecule has 3 heterocycles. The molecular weight excluding hydrogens is 518 g/mol. The number of nitrogens with one attached hydrogen (secondary N) is 1. The molecule has 1 N–H and O–H groups in total. The van der Waals surface area contributed by atoms with E-state index in [1.54, 1.807) is 29.6 Å². The zero-order chi connectivity index (χ0) is 23.8. The molecule has 0 spiro atoms. The van der Waals surface area contributed by atoms with E-state index in [0.29, 0.717) is 33.1 Å². The summed E-state index contributed by atoms with van der Waals surface area (Å²) in [6.07, 6.45) is 1.53. The molecule has 0 bridgehead atoms. The Morgan fingerprint density at radius 1 is 1.12 bits per heavy atom. The summed E-state index contributed by atoms with van der Waals surface area (Å²) in [7, 11) is 0. The Balaban J connectivity index is 1.46. The molecule has 0 aliphatic rings. The summed E-state index contributed by atoms with van der Waals surface area (Å²) in [5.74, 6) is 0. The average Bonchev–Trinajstić information content (AvgIpc) is 3.28. The molecule has 0 aliphatic carbocycles. The van der Waals surface area contributed by atoms with Gasteiger partial charge in [0.25, 0.3) is 0 Å². The highest BCUT2D eigenvalue weighted by Gasteiger charge is 2.14. The standard InChI is InChI=1S/C25H14BrN3O4S/c1-13-6-23(30)32-22-9-17(3-4-18(13)22)28-11-15(10-27)24-29-20(12-34-24)19-8-14-7-16(26)2-5-21(14)33-25(19)31/h2-9,11-12,28H,1H3. The summed E-state index contributed by atoms with van der Waals surface area (Å²) < 4.78 is 11.6. The highest BCUT2D eigenvalue weighted by Crippen LogP contribution is 2.28. The number of nitriles is 1. The van der Waals surface area contributed by atoms with Gasteiger partial charge in [-0.2, -0.15) is 5.26 Å². The Kier molecular flexibility index (Phi) is 5.61. The maximum absolute atomic E-state index is 12.5. The normalized spacial score (nSPS) is 11.6. The third kappa shape index (κ3) is 4.17. The van der Waals surface area contributed by atoms with Crippen molar-refractivity contribution in [3.8, 4) is 17.3 Å². The van der Waals surface area contributed by atoms with Gasteiger partial charge in [-0.1, -0.05) is 15.9 Å². The fourth-order valence-corrected chi connectivity index (χ4v) is 4.67. The number of thiazole rings is 1. The van der Waals surface area contributed by atoms with Gasteiger partial charge in [0.1, 0.15) is 27.8 Å². The maximum atomic E-state index is 12.5. The molecule has 7 nitrogen and oxygen atoms in total. The van der Waals surface area contributed by atoms with E-state index in [0.717, 1.165) is 20.8 Å². The lowest BCUT2D eigenvalue weighted by molar-refractivity contribution is 0.560. The minimum absolute atomic E-state index is 0.287. The second kappa shape index (κ2) is 8.74. The van der Waals surface area contributed by atoms with Crippen molar-refractivity contribution in [1.29, 1.82) is 5.26 Å². The molecule has 0 saturated carbocycles.